The van der Waals surface area contributed by atoms with E-state index in [9.17, 15) is 14.0 Å². The van der Waals surface area contributed by atoms with Crippen LogP contribution in [-0.2, 0) is 19.1 Å². The number of carbonyl (C=O) groups excluding carboxylic acids is 2. The Kier molecular flexibility index (Phi) is 3.82. The minimum Gasteiger partial charge on any atom is -0.464 e. The number of carbonyl (C=O) groups is 2. The summed E-state index contributed by atoms with van der Waals surface area (Å²) in [7, 11) is 0. The van der Waals surface area contributed by atoms with Crippen molar-refractivity contribution in [3.63, 3.8) is 0 Å². The third kappa shape index (κ3) is 2.95. The molecule has 2 saturated heterocycles. The predicted molar refractivity (Wildman–Crippen MR) is 42.1 cm³/mol. The zero-order valence-electron chi connectivity index (χ0n) is 7.44. The molecule has 0 spiro atoms. The fourth-order valence-corrected chi connectivity index (χ4v) is 0.956. The van der Waals surface area contributed by atoms with Crippen molar-refractivity contribution in [2.45, 2.75) is 25.1 Å². The summed E-state index contributed by atoms with van der Waals surface area (Å²) in [5.74, 6) is -1.19. The van der Waals surface area contributed by atoms with E-state index in [1.165, 1.54) is 0 Å². The van der Waals surface area contributed by atoms with Crippen LogP contribution in [0.3, 0.4) is 0 Å². The van der Waals surface area contributed by atoms with Crippen LogP contribution in [0.4, 0.5) is 4.39 Å². The molecule has 0 bridgehead atoms. The van der Waals surface area contributed by atoms with Crippen LogP contribution in [0.2, 0.25) is 0 Å². The highest BCUT2D eigenvalue weighted by Gasteiger charge is 2.25. The van der Waals surface area contributed by atoms with Crippen LogP contribution >= 0.6 is 0 Å². The molecule has 1 N–H and O–H groups in total. The molecule has 0 amide bonds. The number of rotatable bonds is 0. The Labute approximate surface area is 79.8 Å². The van der Waals surface area contributed by atoms with Gasteiger partial charge in [0.15, 0.2) is 6.10 Å². The van der Waals surface area contributed by atoms with Crippen molar-refractivity contribution in [3.8, 4) is 0 Å². The fraction of sp³-hybridized carbons (Fsp3) is 0.750. The molecule has 0 aromatic carbocycles. The zero-order valence-corrected chi connectivity index (χ0v) is 7.44. The zero-order chi connectivity index (χ0) is 10.6. The Balaban J connectivity index is 0.000000140. The third-order valence-corrected chi connectivity index (χ3v) is 1.78. The molecule has 0 aromatic heterocycles. The van der Waals surface area contributed by atoms with E-state index >= 15 is 0 Å². The Morgan fingerprint density at radius 2 is 1.71 bits per heavy atom. The second-order valence-electron chi connectivity index (χ2n) is 2.90. The standard InChI is InChI=1S/C4H5FO2.C4H6O3/c2*5-3-1-2-7-4(3)6/h3H,1-2H2;3,5H,1-2H2. The van der Waals surface area contributed by atoms with Gasteiger partial charge in [-0.3, -0.25) is 0 Å². The summed E-state index contributed by atoms with van der Waals surface area (Å²) in [6.45, 7) is 0.625. The van der Waals surface area contributed by atoms with E-state index in [1.807, 2.05) is 0 Å². The fourth-order valence-electron chi connectivity index (χ4n) is 0.956. The van der Waals surface area contributed by atoms with Gasteiger partial charge in [-0.15, -0.1) is 0 Å². The number of esters is 2. The van der Waals surface area contributed by atoms with Gasteiger partial charge in [0.1, 0.15) is 0 Å². The molecule has 2 atom stereocenters. The molecule has 0 saturated carbocycles. The summed E-state index contributed by atoms with van der Waals surface area (Å²) >= 11 is 0. The summed E-state index contributed by atoms with van der Waals surface area (Å²) in [4.78, 5) is 20.1. The molecule has 2 aliphatic rings. The largest absolute Gasteiger partial charge is 0.464 e. The number of ether oxygens (including phenoxy) is 2. The molecule has 2 fully saturated rings. The van der Waals surface area contributed by atoms with Crippen LogP contribution in [0.1, 0.15) is 12.8 Å². The van der Waals surface area contributed by atoms with E-state index in [-0.39, 0.29) is 13.0 Å². The quantitative estimate of drug-likeness (QED) is 0.544. The molecule has 80 valence electrons. The Morgan fingerprint density at radius 1 is 1.14 bits per heavy atom. The number of hydrogen-bond donors (Lipinski definition) is 1. The van der Waals surface area contributed by atoms with Gasteiger partial charge in [0.25, 0.3) is 0 Å². The number of hydrogen-bond acceptors (Lipinski definition) is 5. The van der Waals surface area contributed by atoms with Gasteiger partial charge in [-0.1, -0.05) is 0 Å². The number of aliphatic hydroxyl groups excluding tert-OH is 1. The van der Waals surface area contributed by atoms with Gasteiger partial charge in [-0.25, -0.2) is 14.0 Å². The van der Waals surface area contributed by atoms with Crippen molar-refractivity contribution < 1.29 is 28.6 Å². The van der Waals surface area contributed by atoms with Gasteiger partial charge in [0.2, 0.25) is 6.17 Å². The number of alkyl halides is 1. The molecule has 0 radical (unpaired) electrons. The first-order chi connectivity index (χ1) is 6.61. The molecular formula is C8H11FO5. The van der Waals surface area contributed by atoms with E-state index in [4.69, 9.17) is 5.11 Å². The Bertz CT molecular complexity index is 206. The van der Waals surface area contributed by atoms with Crippen molar-refractivity contribution in [3.05, 3.63) is 0 Å². The molecule has 0 aromatic rings. The van der Waals surface area contributed by atoms with Crippen LogP contribution < -0.4 is 0 Å². The van der Waals surface area contributed by atoms with Gasteiger partial charge in [-0.2, -0.15) is 0 Å². The van der Waals surface area contributed by atoms with Crippen molar-refractivity contribution in [2.24, 2.45) is 0 Å². The Hall–Kier alpha value is -1.17. The summed E-state index contributed by atoms with van der Waals surface area (Å²) in [6, 6.07) is 0. The highest BCUT2D eigenvalue weighted by atomic mass is 19.1. The summed E-state index contributed by atoms with van der Waals surface area (Å²) in [5, 5.41) is 8.52. The van der Waals surface area contributed by atoms with Crippen molar-refractivity contribution in [1.82, 2.24) is 0 Å². The maximum Gasteiger partial charge on any atom is 0.340 e. The molecular weight excluding hydrogens is 195 g/mol. The van der Waals surface area contributed by atoms with Gasteiger partial charge < -0.3 is 14.6 Å². The van der Waals surface area contributed by atoms with Crippen molar-refractivity contribution >= 4 is 11.9 Å². The lowest BCUT2D eigenvalue weighted by Crippen LogP contribution is -2.11. The molecule has 2 heterocycles. The minimum atomic E-state index is -1.35. The normalized spacial score (nSPS) is 30.4. The maximum atomic E-state index is 11.8. The smallest absolute Gasteiger partial charge is 0.340 e. The summed E-state index contributed by atoms with van der Waals surface area (Å²) in [5.41, 5.74) is 0. The first-order valence-electron chi connectivity index (χ1n) is 4.26. The lowest BCUT2D eigenvalue weighted by Gasteiger charge is -1.88. The number of aliphatic hydroxyl groups is 1. The van der Waals surface area contributed by atoms with Crippen LogP contribution in [0, 0.1) is 0 Å². The molecule has 0 aliphatic carbocycles. The van der Waals surface area contributed by atoms with Crippen molar-refractivity contribution in [1.29, 1.82) is 0 Å². The van der Waals surface area contributed by atoms with Crippen molar-refractivity contribution in [2.75, 3.05) is 13.2 Å². The van der Waals surface area contributed by atoms with Gasteiger partial charge in [0, 0.05) is 12.8 Å². The summed E-state index contributed by atoms with van der Waals surface area (Å²) < 4.78 is 20.5. The van der Waals surface area contributed by atoms with E-state index in [1.54, 1.807) is 0 Å². The monoisotopic (exact) mass is 206 g/mol. The molecule has 5 nitrogen and oxygen atoms in total. The SMILES string of the molecule is O=C1OCCC1F.O=C1OCCC1O. The van der Waals surface area contributed by atoms with E-state index in [0.29, 0.717) is 13.0 Å². The third-order valence-electron chi connectivity index (χ3n) is 1.78. The van der Waals surface area contributed by atoms with E-state index in [0.717, 1.165) is 0 Å². The van der Waals surface area contributed by atoms with Gasteiger partial charge in [-0.05, 0) is 0 Å². The molecule has 2 aliphatic heterocycles. The molecule has 14 heavy (non-hydrogen) atoms. The number of halogens is 1. The maximum absolute atomic E-state index is 11.8. The highest BCUT2D eigenvalue weighted by Crippen LogP contribution is 2.08. The summed E-state index contributed by atoms with van der Waals surface area (Å²) in [6.07, 6.45) is -1.50. The topological polar surface area (TPSA) is 72.8 Å². The number of cyclic esters (lactones) is 2. The molecule has 2 unspecified atom stereocenters. The van der Waals surface area contributed by atoms with Crippen LogP contribution in [0.5, 0.6) is 0 Å². The first kappa shape index (κ1) is 10.9. The Morgan fingerprint density at radius 3 is 1.86 bits per heavy atom. The lowest BCUT2D eigenvalue weighted by atomic mass is 10.3. The average Bonchev–Trinajstić information content (AvgIpc) is 2.67. The second kappa shape index (κ2) is 4.90. The average molecular weight is 206 g/mol. The van der Waals surface area contributed by atoms with E-state index < -0.39 is 24.2 Å². The molecule has 2 rings (SSSR count). The van der Waals surface area contributed by atoms with Crippen LogP contribution in [-0.4, -0.2) is 42.5 Å². The first-order valence-corrected chi connectivity index (χ1v) is 4.26. The van der Waals surface area contributed by atoms with E-state index in [2.05, 4.69) is 9.47 Å². The van der Waals surface area contributed by atoms with Crippen LogP contribution in [0.15, 0.2) is 0 Å². The lowest BCUT2D eigenvalue weighted by molar-refractivity contribution is -0.144. The highest BCUT2D eigenvalue weighted by molar-refractivity contribution is 5.76. The minimum absolute atomic E-state index is 0.235. The van der Waals surface area contributed by atoms with Gasteiger partial charge >= 0.3 is 11.9 Å². The van der Waals surface area contributed by atoms with Crippen LogP contribution in [0.25, 0.3) is 0 Å². The van der Waals surface area contributed by atoms with Gasteiger partial charge in [0.05, 0.1) is 13.2 Å². The second-order valence-corrected chi connectivity index (χ2v) is 2.90. The molecule has 6 heteroatoms. The predicted octanol–water partition coefficient (Wildman–Crippen LogP) is -0.434.